The summed E-state index contributed by atoms with van der Waals surface area (Å²) in [5.74, 6) is 0. The number of hydrogen-bond acceptors (Lipinski definition) is 3. The van der Waals surface area contributed by atoms with Crippen molar-refractivity contribution in [2.24, 2.45) is 0 Å². The Labute approximate surface area is 79.6 Å². The molecule has 78 valence electrons. The summed E-state index contributed by atoms with van der Waals surface area (Å²) in [6.45, 7) is 6.18. The molecule has 1 unspecified atom stereocenters. The molecule has 1 fully saturated rings. The Bertz CT molecular complexity index is 146. The fraction of sp³-hybridized carbons (Fsp3) is 1.00. The minimum atomic E-state index is 0.0981. The number of morpholine rings is 1. The van der Waals surface area contributed by atoms with Gasteiger partial charge in [-0.15, -0.1) is 0 Å². The normalized spacial score (nSPS) is 24.2. The molecule has 0 aromatic heterocycles. The minimum Gasteiger partial charge on any atom is -0.394 e. The van der Waals surface area contributed by atoms with Crippen molar-refractivity contribution in [2.45, 2.75) is 13.2 Å². The van der Waals surface area contributed by atoms with E-state index in [4.69, 9.17) is 14.6 Å². The van der Waals surface area contributed by atoms with E-state index in [9.17, 15) is 0 Å². The van der Waals surface area contributed by atoms with Gasteiger partial charge in [-0.05, 0) is 0 Å². The number of rotatable bonds is 4. The van der Waals surface area contributed by atoms with E-state index in [1.165, 1.54) is 0 Å². The van der Waals surface area contributed by atoms with E-state index in [0.717, 1.165) is 30.8 Å². The topological polar surface area (TPSA) is 38.7 Å². The summed E-state index contributed by atoms with van der Waals surface area (Å²) in [6.07, 6.45) is 0.149. The quantitative estimate of drug-likeness (QED) is 0.625. The molecular formula is C9H20NO3+. The number of likely N-dealkylation sites (N-methyl/N-ethyl adjacent to an activating group) is 1. The summed E-state index contributed by atoms with van der Waals surface area (Å²) >= 11 is 0. The molecule has 1 atom stereocenters. The van der Waals surface area contributed by atoms with E-state index in [1.54, 1.807) is 0 Å². The lowest BCUT2D eigenvalue weighted by atomic mass is 10.3. The summed E-state index contributed by atoms with van der Waals surface area (Å²) in [5, 5.41) is 8.64. The molecule has 13 heavy (non-hydrogen) atoms. The Balaban J connectivity index is 2.37. The second-order valence-electron chi connectivity index (χ2n) is 3.73. The van der Waals surface area contributed by atoms with Crippen LogP contribution < -0.4 is 0 Å². The summed E-state index contributed by atoms with van der Waals surface area (Å²) in [6, 6.07) is 0. The van der Waals surface area contributed by atoms with Crippen LogP contribution in [0.1, 0.15) is 6.92 Å². The second kappa shape index (κ2) is 4.91. The van der Waals surface area contributed by atoms with Gasteiger partial charge in [-0.25, -0.2) is 0 Å². The van der Waals surface area contributed by atoms with Crippen LogP contribution in [-0.4, -0.2) is 62.4 Å². The third kappa shape index (κ3) is 2.91. The van der Waals surface area contributed by atoms with Crippen molar-refractivity contribution < 1.29 is 19.1 Å². The average Bonchev–Trinajstić information content (AvgIpc) is 2.15. The van der Waals surface area contributed by atoms with Gasteiger partial charge in [0.15, 0.2) is 6.23 Å². The van der Waals surface area contributed by atoms with Crippen LogP contribution >= 0.6 is 0 Å². The summed E-state index contributed by atoms with van der Waals surface area (Å²) in [7, 11) is 2.17. The van der Waals surface area contributed by atoms with Crippen molar-refractivity contribution in [3.8, 4) is 0 Å². The van der Waals surface area contributed by atoms with Crippen molar-refractivity contribution >= 4 is 0 Å². The van der Waals surface area contributed by atoms with Gasteiger partial charge in [-0.3, -0.25) is 4.48 Å². The van der Waals surface area contributed by atoms with E-state index >= 15 is 0 Å². The highest BCUT2D eigenvalue weighted by Crippen LogP contribution is 2.14. The van der Waals surface area contributed by atoms with E-state index < -0.39 is 0 Å². The minimum absolute atomic E-state index is 0.0981. The van der Waals surface area contributed by atoms with E-state index in [2.05, 4.69) is 14.0 Å². The van der Waals surface area contributed by atoms with Crippen LogP contribution in [0.4, 0.5) is 0 Å². The molecule has 1 aliphatic rings. The van der Waals surface area contributed by atoms with Gasteiger partial charge in [0.25, 0.3) is 0 Å². The molecule has 4 heteroatoms. The fourth-order valence-corrected chi connectivity index (χ4v) is 1.53. The molecule has 0 saturated carbocycles. The van der Waals surface area contributed by atoms with Crippen LogP contribution in [-0.2, 0) is 9.47 Å². The molecule has 1 aliphatic heterocycles. The molecule has 0 spiro atoms. The Hall–Kier alpha value is -0.160. The standard InChI is InChI=1S/C9H20NO3/c1-9(13-8-5-11)10(2)3-6-12-7-4-10/h9,11H,3-8H2,1-2H3/q+1. The molecule has 0 aromatic rings. The first-order valence-electron chi connectivity index (χ1n) is 4.83. The van der Waals surface area contributed by atoms with Gasteiger partial charge in [0.1, 0.15) is 13.1 Å². The van der Waals surface area contributed by atoms with Gasteiger partial charge in [0.2, 0.25) is 0 Å². The molecule has 1 heterocycles. The number of aliphatic hydroxyl groups is 1. The van der Waals surface area contributed by atoms with E-state index in [1.807, 2.05) is 0 Å². The van der Waals surface area contributed by atoms with Crippen LogP contribution in [0.2, 0.25) is 0 Å². The molecule has 0 aliphatic carbocycles. The zero-order chi connectivity index (χ0) is 9.73. The molecule has 0 bridgehead atoms. The van der Waals surface area contributed by atoms with Crippen LogP contribution in [0, 0.1) is 0 Å². The summed E-state index contributed by atoms with van der Waals surface area (Å²) in [4.78, 5) is 0. The first kappa shape index (κ1) is 10.9. The first-order valence-corrected chi connectivity index (χ1v) is 4.83. The Morgan fingerprint density at radius 2 is 2.08 bits per heavy atom. The fourth-order valence-electron chi connectivity index (χ4n) is 1.53. The summed E-state index contributed by atoms with van der Waals surface area (Å²) in [5.41, 5.74) is 0. The van der Waals surface area contributed by atoms with Crippen molar-refractivity contribution in [3.63, 3.8) is 0 Å². The number of nitrogens with zero attached hydrogens (tertiary/aromatic N) is 1. The maximum Gasteiger partial charge on any atom is 0.190 e. The predicted molar refractivity (Wildman–Crippen MR) is 49.2 cm³/mol. The molecular weight excluding hydrogens is 170 g/mol. The summed E-state index contributed by atoms with van der Waals surface area (Å²) < 4.78 is 11.7. The highest BCUT2D eigenvalue weighted by atomic mass is 16.5. The molecule has 1 saturated heterocycles. The van der Waals surface area contributed by atoms with Gasteiger partial charge in [0.05, 0.1) is 33.5 Å². The maximum absolute atomic E-state index is 8.64. The van der Waals surface area contributed by atoms with E-state index in [-0.39, 0.29) is 12.8 Å². The molecule has 4 nitrogen and oxygen atoms in total. The van der Waals surface area contributed by atoms with Gasteiger partial charge in [0, 0.05) is 6.92 Å². The second-order valence-corrected chi connectivity index (χ2v) is 3.73. The van der Waals surface area contributed by atoms with Crippen LogP contribution in [0.3, 0.4) is 0 Å². The van der Waals surface area contributed by atoms with Gasteiger partial charge < -0.3 is 14.6 Å². The Kier molecular flexibility index (Phi) is 4.12. The maximum atomic E-state index is 8.64. The molecule has 0 amide bonds. The van der Waals surface area contributed by atoms with Crippen molar-refractivity contribution in [3.05, 3.63) is 0 Å². The lowest BCUT2D eigenvalue weighted by Crippen LogP contribution is -2.58. The van der Waals surface area contributed by atoms with Crippen LogP contribution in [0.5, 0.6) is 0 Å². The lowest BCUT2D eigenvalue weighted by molar-refractivity contribution is -0.959. The lowest BCUT2D eigenvalue weighted by Gasteiger charge is -2.41. The smallest absolute Gasteiger partial charge is 0.190 e. The third-order valence-corrected chi connectivity index (χ3v) is 2.82. The number of hydrogen-bond donors (Lipinski definition) is 1. The molecule has 0 radical (unpaired) electrons. The largest absolute Gasteiger partial charge is 0.394 e. The van der Waals surface area contributed by atoms with Gasteiger partial charge >= 0.3 is 0 Å². The molecule has 1 rings (SSSR count). The van der Waals surface area contributed by atoms with Crippen molar-refractivity contribution in [1.29, 1.82) is 0 Å². The van der Waals surface area contributed by atoms with Gasteiger partial charge in [-0.1, -0.05) is 0 Å². The monoisotopic (exact) mass is 190 g/mol. The zero-order valence-corrected chi connectivity index (χ0v) is 8.53. The average molecular weight is 190 g/mol. The SMILES string of the molecule is CC(OCCO)[N+]1(C)CCOCC1. The predicted octanol–water partition coefficient (Wildman–Crippen LogP) is -0.182. The number of aliphatic hydroxyl groups excluding tert-OH is 1. The Morgan fingerprint density at radius 1 is 1.46 bits per heavy atom. The Morgan fingerprint density at radius 3 is 2.62 bits per heavy atom. The highest BCUT2D eigenvalue weighted by molar-refractivity contribution is 4.48. The number of quaternary nitrogens is 1. The first-order chi connectivity index (χ1) is 6.19. The molecule has 1 N–H and O–H groups in total. The molecule has 0 aromatic carbocycles. The van der Waals surface area contributed by atoms with E-state index in [0.29, 0.717) is 6.61 Å². The van der Waals surface area contributed by atoms with Crippen LogP contribution in [0.25, 0.3) is 0 Å². The number of ether oxygens (including phenoxy) is 2. The van der Waals surface area contributed by atoms with Crippen LogP contribution in [0.15, 0.2) is 0 Å². The highest BCUT2D eigenvalue weighted by Gasteiger charge is 2.31. The zero-order valence-electron chi connectivity index (χ0n) is 8.53. The van der Waals surface area contributed by atoms with Crippen molar-refractivity contribution in [1.82, 2.24) is 0 Å². The van der Waals surface area contributed by atoms with Crippen molar-refractivity contribution in [2.75, 3.05) is 46.6 Å². The third-order valence-electron chi connectivity index (χ3n) is 2.82. The van der Waals surface area contributed by atoms with Gasteiger partial charge in [-0.2, -0.15) is 0 Å².